The maximum atomic E-state index is 5.87. The van der Waals surface area contributed by atoms with Crippen LogP contribution >= 0.6 is 0 Å². The second-order valence-corrected chi connectivity index (χ2v) is 4.33. The molecule has 0 amide bonds. The van der Waals surface area contributed by atoms with Gasteiger partial charge in [0.25, 0.3) is 0 Å². The van der Waals surface area contributed by atoms with Crippen molar-refractivity contribution in [3.63, 3.8) is 0 Å². The zero-order valence-corrected chi connectivity index (χ0v) is 11.2. The molecule has 0 aromatic heterocycles. The molecule has 0 saturated carbocycles. The quantitative estimate of drug-likeness (QED) is 0.685. The van der Waals surface area contributed by atoms with Crippen LogP contribution in [-0.2, 0) is 4.74 Å². The summed E-state index contributed by atoms with van der Waals surface area (Å²) in [6.07, 6.45) is 0.809. The lowest BCUT2D eigenvalue weighted by Crippen LogP contribution is -2.34. The van der Waals surface area contributed by atoms with Gasteiger partial charge in [-0.1, -0.05) is 31.2 Å². The minimum absolute atomic E-state index is 0.542. The molecule has 2 nitrogen and oxygen atoms in total. The van der Waals surface area contributed by atoms with Gasteiger partial charge in [-0.3, -0.25) is 0 Å². The summed E-state index contributed by atoms with van der Waals surface area (Å²) >= 11 is 0. The predicted octanol–water partition coefficient (Wildman–Crippen LogP) is 4.26. The highest BCUT2D eigenvalue weighted by Crippen LogP contribution is 2.24. The lowest BCUT2D eigenvalue weighted by atomic mass is 10.1. The monoisotopic (exact) mass is 234 g/mol. The fourth-order valence-electron chi connectivity index (χ4n) is 1.57. The van der Waals surface area contributed by atoms with Crippen molar-refractivity contribution in [2.24, 2.45) is 0 Å². The van der Waals surface area contributed by atoms with E-state index in [9.17, 15) is 0 Å². The lowest BCUT2D eigenvalue weighted by Gasteiger charge is -2.29. The van der Waals surface area contributed by atoms with Crippen LogP contribution in [0.2, 0.25) is 0 Å². The molecule has 1 atom stereocenters. The van der Waals surface area contributed by atoms with Crippen LogP contribution in [0.3, 0.4) is 0 Å². The molecule has 0 N–H and O–H groups in total. The van der Waals surface area contributed by atoms with Gasteiger partial charge in [-0.25, -0.2) is 0 Å². The summed E-state index contributed by atoms with van der Waals surface area (Å²) in [7, 11) is 0. The molecule has 2 heteroatoms. The summed E-state index contributed by atoms with van der Waals surface area (Å²) in [5.41, 5.74) is 2.19. The van der Waals surface area contributed by atoms with Crippen molar-refractivity contribution >= 4 is 5.57 Å². The third kappa shape index (κ3) is 3.90. The minimum Gasteiger partial charge on any atom is -0.463 e. The van der Waals surface area contributed by atoms with Crippen LogP contribution < -0.4 is 4.74 Å². The fourth-order valence-corrected chi connectivity index (χ4v) is 1.57. The van der Waals surface area contributed by atoms with E-state index in [2.05, 4.69) is 13.5 Å². The Morgan fingerprint density at radius 1 is 1.24 bits per heavy atom. The first-order chi connectivity index (χ1) is 8.00. The van der Waals surface area contributed by atoms with E-state index in [1.807, 2.05) is 45.0 Å². The second-order valence-electron chi connectivity index (χ2n) is 4.33. The molecule has 0 saturated heterocycles. The van der Waals surface area contributed by atoms with Crippen molar-refractivity contribution < 1.29 is 9.47 Å². The molecule has 17 heavy (non-hydrogen) atoms. The van der Waals surface area contributed by atoms with Crippen molar-refractivity contribution in [1.29, 1.82) is 0 Å². The van der Waals surface area contributed by atoms with E-state index in [-0.39, 0.29) is 0 Å². The molecule has 0 bridgehead atoms. The van der Waals surface area contributed by atoms with Crippen LogP contribution in [0.5, 0.6) is 5.75 Å². The highest BCUT2D eigenvalue weighted by Gasteiger charge is 2.24. The summed E-state index contributed by atoms with van der Waals surface area (Å²) in [6, 6.07) is 7.94. The largest absolute Gasteiger partial charge is 0.463 e. The first kappa shape index (κ1) is 13.8. The van der Waals surface area contributed by atoms with Gasteiger partial charge < -0.3 is 9.47 Å². The Morgan fingerprint density at radius 3 is 2.24 bits per heavy atom. The Balaban J connectivity index is 2.77. The number of rotatable bonds is 6. The molecule has 0 aliphatic heterocycles. The van der Waals surface area contributed by atoms with Crippen molar-refractivity contribution in [2.75, 3.05) is 6.61 Å². The summed E-state index contributed by atoms with van der Waals surface area (Å²) in [4.78, 5) is 0. The number of ether oxygens (including phenoxy) is 2. The average molecular weight is 234 g/mol. The zero-order valence-electron chi connectivity index (χ0n) is 11.2. The Bertz CT molecular complexity index is 367. The first-order valence-corrected chi connectivity index (χ1v) is 6.09. The van der Waals surface area contributed by atoms with Crippen LogP contribution in [0.1, 0.15) is 39.7 Å². The molecule has 0 spiro atoms. The number of allylic oxidation sites excluding steroid dienone is 1. The molecular formula is C15H22O2. The van der Waals surface area contributed by atoms with Crippen molar-refractivity contribution in [2.45, 2.75) is 39.9 Å². The fraction of sp³-hybridized carbons (Fsp3) is 0.467. The van der Waals surface area contributed by atoms with Crippen molar-refractivity contribution in [1.82, 2.24) is 0 Å². The summed E-state index contributed by atoms with van der Waals surface area (Å²) in [5.74, 6) is 0.284. The maximum absolute atomic E-state index is 5.87. The van der Waals surface area contributed by atoms with Gasteiger partial charge in [0.05, 0.1) is 0 Å². The standard InChI is InChI=1S/C15H22O2/c1-6-15(5,16-7-2)17-14-10-8-13(9-11-14)12(3)4/h8-11H,3,6-7H2,1-2,4-5H3. The van der Waals surface area contributed by atoms with Gasteiger partial charge in [0.1, 0.15) is 5.75 Å². The number of benzene rings is 1. The Labute approximate surface area is 104 Å². The summed E-state index contributed by atoms with van der Waals surface area (Å²) in [5, 5.41) is 0. The highest BCUT2D eigenvalue weighted by molar-refractivity contribution is 5.61. The minimum atomic E-state index is -0.542. The molecule has 0 radical (unpaired) electrons. The van der Waals surface area contributed by atoms with Crippen LogP contribution in [0.25, 0.3) is 5.57 Å². The van der Waals surface area contributed by atoms with Gasteiger partial charge in [0, 0.05) is 20.0 Å². The molecule has 1 aromatic carbocycles. The van der Waals surface area contributed by atoms with E-state index in [1.165, 1.54) is 0 Å². The van der Waals surface area contributed by atoms with Crippen molar-refractivity contribution in [3.05, 3.63) is 36.4 Å². The number of hydrogen-bond donors (Lipinski definition) is 0. The first-order valence-electron chi connectivity index (χ1n) is 6.09. The maximum Gasteiger partial charge on any atom is 0.207 e. The van der Waals surface area contributed by atoms with Gasteiger partial charge in [-0.15, -0.1) is 0 Å². The molecular weight excluding hydrogens is 212 g/mol. The van der Waals surface area contributed by atoms with Gasteiger partial charge in [0.2, 0.25) is 5.79 Å². The van der Waals surface area contributed by atoms with Gasteiger partial charge >= 0.3 is 0 Å². The third-order valence-corrected chi connectivity index (χ3v) is 2.77. The third-order valence-electron chi connectivity index (χ3n) is 2.77. The van der Waals surface area contributed by atoms with Gasteiger partial charge in [0.15, 0.2) is 0 Å². The highest BCUT2D eigenvalue weighted by atomic mass is 16.7. The Morgan fingerprint density at radius 2 is 1.82 bits per heavy atom. The summed E-state index contributed by atoms with van der Waals surface area (Å²) in [6.45, 7) is 12.5. The molecule has 1 unspecified atom stereocenters. The molecule has 1 aromatic rings. The van der Waals surface area contributed by atoms with E-state index < -0.39 is 5.79 Å². The van der Waals surface area contributed by atoms with Crippen LogP contribution in [0.4, 0.5) is 0 Å². The second kappa shape index (κ2) is 5.87. The van der Waals surface area contributed by atoms with E-state index in [4.69, 9.17) is 9.47 Å². The van der Waals surface area contributed by atoms with E-state index >= 15 is 0 Å². The van der Waals surface area contributed by atoms with E-state index in [0.29, 0.717) is 6.61 Å². The molecule has 0 heterocycles. The molecule has 1 rings (SSSR count). The van der Waals surface area contributed by atoms with Crippen molar-refractivity contribution in [3.8, 4) is 5.75 Å². The van der Waals surface area contributed by atoms with E-state index in [1.54, 1.807) is 0 Å². The Hall–Kier alpha value is -1.28. The predicted molar refractivity (Wildman–Crippen MR) is 72.1 cm³/mol. The van der Waals surface area contributed by atoms with Crippen LogP contribution in [-0.4, -0.2) is 12.4 Å². The van der Waals surface area contributed by atoms with Gasteiger partial charge in [-0.05, 0) is 31.5 Å². The van der Waals surface area contributed by atoms with Crippen LogP contribution in [0.15, 0.2) is 30.8 Å². The molecule has 0 fully saturated rings. The topological polar surface area (TPSA) is 18.5 Å². The normalized spacial score (nSPS) is 14.1. The molecule has 0 aliphatic rings. The summed E-state index contributed by atoms with van der Waals surface area (Å²) < 4.78 is 11.5. The van der Waals surface area contributed by atoms with E-state index in [0.717, 1.165) is 23.3 Å². The lowest BCUT2D eigenvalue weighted by molar-refractivity contribution is -0.168. The molecule has 0 aliphatic carbocycles. The molecule has 94 valence electrons. The SMILES string of the molecule is C=C(C)c1ccc(OC(C)(CC)OCC)cc1. The Kier molecular flexibility index (Phi) is 4.76. The van der Waals surface area contributed by atoms with Gasteiger partial charge in [-0.2, -0.15) is 0 Å². The zero-order chi connectivity index (χ0) is 12.9. The number of hydrogen-bond acceptors (Lipinski definition) is 2. The van der Waals surface area contributed by atoms with Crippen LogP contribution in [0, 0.1) is 0 Å². The average Bonchev–Trinajstić information content (AvgIpc) is 2.30. The smallest absolute Gasteiger partial charge is 0.207 e.